The summed E-state index contributed by atoms with van der Waals surface area (Å²) in [6.07, 6.45) is 9.46. The van der Waals surface area contributed by atoms with Crippen LogP contribution in [0.3, 0.4) is 0 Å². The van der Waals surface area contributed by atoms with Crippen LogP contribution in [0.1, 0.15) is 69.8 Å². The van der Waals surface area contributed by atoms with E-state index in [0.717, 1.165) is 55.6 Å². The highest BCUT2D eigenvalue weighted by molar-refractivity contribution is 5.65. The van der Waals surface area contributed by atoms with E-state index < -0.39 is 23.3 Å². The molecule has 0 atom stereocenters. The van der Waals surface area contributed by atoms with Gasteiger partial charge in [-0.3, -0.25) is 0 Å². The summed E-state index contributed by atoms with van der Waals surface area (Å²) in [7, 11) is 0. The van der Waals surface area contributed by atoms with Crippen molar-refractivity contribution in [3.05, 3.63) is 59.2 Å². The zero-order valence-electron chi connectivity index (χ0n) is 16.9. The highest BCUT2D eigenvalue weighted by Crippen LogP contribution is 2.44. The topological polar surface area (TPSA) is 0 Å². The molecule has 2 aromatic carbocycles. The molecule has 0 aromatic heterocycles. The van der Waals surface area contributed by atoms with E-state index in [4.69, 9.17) is 0 Å². The Morgan fingerprint density at radius 2 is 1.17 bits per heavy atom. The van der Waals surface area contributed by atoms with Crippen LogP contribution in [0.5, 0.6) is 0 Å². The van der Waals surface area contributed by atoms with Crippen molar-refractivity contribution >= 4 is 0 Å². The second kappa shape index (κ2) is 8.49. The predicted octanol–water partition coefficient (Wildman–Crippen LogP) is 8.01. The van der Waals surface area contributed by atoms with Crippen LogP contribution in [0.4, 0.5) is 17.6 Å². The van der Waals surface area contributed by atoms with E-state index in [1.807, 2.05) is 0 Å². The van der Waals surface area contributed by atoms with Crippen LogP contribution in [0.25, 0.3) is 11.1 Å². The Morgan fingerprint density at radius 3 is 1.72 bits per heavy atom. The Kier molecular flexibility index (Phi) is 5.98. The third-order valence-corrected chi connectivity index (χ3v) is 7.24. The maximum Gasteiger partial charge on any atom is 0.159 e. The van der Waals surface area contributed by atoms with Crippen LogP contribution in [0.2, 0.25) is 0 Å². The third kappa shape index (κ3) is 4.36. The summed E-state index contributed by atoms with van der Waals surface area (Å²) in [5, 5.41) is 0. The average molecular weight is 404 g/mol. The second-order valence-electron chi connectivity index (χ2n) is 9.12. The van der Waals surface area contributed by atoms with Gasteiger partial charge in [0.15, 0.2) is 11.6 Å². The lowest BCUT2D eigenvalue weighted by Crippen LogP contribution is -2.24. The molecule has 156 valence electrons. The van der Waals surface area contributed by atoms with Crippen molar-refractivity contribution in [3.63, 3.8) is 0 Å². The van der Waals surface area contributed by atoms with Gasteiger partial charge in [0.1, 0.15) is 11.6 Å². The van der Waals surface area contributed by atoms with Gasteiger partial charge in [0.05, 0.1) is 5.56 Å². The van der Waals surface area contributed by atoms with Crippen LogP contribution in [-0.4, -0.2) is 0 Å². The molecule has 0 N–H and O–H groups in total. The SMILES string of the molecule is CC1CCC(C2CCC(c3cc(F)c(-c4ccc(F)c(F)c4)c(F)c3)CC2)CC1. The Hall–Kier alpha value is -1.84. The van der Waals surface area contributed by atoms with E-state index in [0.29, 0.717) is 5.56 Å². The fourth-order valence-corrected chi connectivity index (χ4v) is 5.44. The molecule has 0 heterocycles. The molecule has 0 unspecified atom stereocenters. The van der Waals surface area contributed by atoms with Crippen molar-refractivity contribution in [2.45, 2.75) is 64.2 Å². The van der Waals surface area contributed by atoms with Crippen LogP contribution in [-0.2, 0) is 0 Å². The van der Waals surface area contributed by atoms with Crippen LogP contribution in [0.15, 0.2) is 30.3 Å². The first-order chi connectivity index (χ1) is 13.9. The van der Waals surface area contributed by atoms with E-state index >= 15 is 0 Å². The molecule has 0 amide bonds. The summed E-state index contributed by atoms with van der Waals surface area (Å²) in [4.78, 5) is 0. The monoisotopic (exact) mass is 404 g/mol. The van der Waals surface area contributed by atoms with Crippen LogP contribution in [0, 0.1) is 41.0 Å². The molecule has 2 saturated carbocycles. The molecule has 0 aliphatic heterocycles. The van der Waals surface area contributed by atoms with Crippen molar-refractivity contribution in [2.75, 3.05) is 0 Å². The average Bonchev–Trinajstić information content (AvgIpc) is 2.71. The first-order valence-corrected chi connectivity index (χ1v) is 10.9. The van der Waals surface area contributed by atoms with Crippen molar-refractivity contribution in [3.8, 4) is 11.1 Å². The minimum Gasteiger partial charge on any atom is -0.206 e. The van der Waals surface area contributed by atoms with Gasteiger partial charge in [-0.2, -0.15) is 0 Å². The van der Waals surface area contributed by atoms with Crippen molar-refractivity contribution in [1.29, 1.82) is 0 Å². The lowest BCUT2D eigenvalue weighted by atomic mass is 9.68. The highest BCUT2D eigenvalue weighted by atomic mass is 19.2. The molecule has 2 aliphatic rings. The van der Waals surface area contributed by atoms with Gasteiger partial charge in [-0.15, -0.1) is 0 Å². The molecule has 2 aromatic rings. The molecule has 4 heteroatoms. The Bertz CT molecular complexity index is 836. The molecule has 0 radical (unpaired) electrons. The Balaban J connectivity index is 1.47. The number of benzene rings is 2. The predicted molar refractivity (Wildman–Crippen MR) is 108 cm³/mol. The molecule has 0 spiro atoms. The highest BCUT2D eigenvalue weighted by Gasteiger charge is 2.31. The lowest BCUT2D eigenvalue weighted by Gasteiger charge is -2.37. The van der Waals surface area contributed by atoms with Gasteiger partial charge >= 0.3 is 0 Å². The van der Waals surface area contributed by atoms with Crippen molar-refractivity contribution < 1.29 is 17.6 Å². The first-order valence-electron chi connectivity index (χ1n) is 10.9. The number of rotatable bonds is 3. The van der Waals surface area contributed by atoms with E-state index in [-0.39, 0.29) is 17.0 Å². The molecule has 2 fully saturated rings. The zero-order valence-corrected chi connectivity index (χ0v) is 16.9. The number of hydrogen-bond donors (Lipinski definition) is 0. The fraction of sp³-hybridized carbons (Fsp3) is 0.520. The number of hydrogen-bond acceptors (Lipinski definition) is 0. The normalized spacial score (nSPS) is 27.8. The van der Waals surface area contributed by atoms with E-state index in [1.54, 1.807) is 0 Å². The van der Waals surface area contributed by atoms with E-state index in [1.165, 1.54) is 43.9 Å². The molecular formula is C25H28F4. The van der Waals surface area contributed by atoms with Gasteiger partial charge < -0.3 is 0 Å². The van der Waals surface area contributed by atoms with Gasteiger partial charge in [-0.05, 0) is 97.6 Å². The quantitative estimate of drug-likeness (QED) is 0.455. The second-order valence-corrected chi connectivity index (χ2v) is 9.12. The molecule has 4 rings (SSSR count). The van der Waals surface area contributed by atoms with Gasteiger partial charge in [0.25, 0.3) is 0 Å². The molecule has 0 saturated heterocycles. The van der Waals surface area contributed by atoms with Crippen molar-refractivity contribution in [2.24, 2.45) is 17.8 Å². The maximum atomic E-state index is 14.7. The maximum absolute atomic E-state index is 14.7. The lowest BCUT2D eigenvalue weighted by molar-refractivity contribution is 0.165. The molecule has 2 aliphatic carbocycles. The summed E-state index contributed by atoms with van der Waals surface area (Å²) in [5.41, 5.74) is 0.403. The number of halogens is 4. The van der Waals surface area contributed by atoms with Gasteiger partial charge in [0, 0.05) is 0 Å². The summed E-state index contributed by atoms with van der Waals surface area (Å²) in [6.45, 7) is 2.33. The summed E-state index contributed by atoms with van der Waals surface area (Å²) >= 11 is 0. The smallest absolute Gasteiger partial charge is 0.159 e. The van der Waals surface area contributed by atoms with Crippen LogP contribution >= 0.6 is 0 Å². The molecular weight excluding hydrogens is 376 g/mol. The zero-order chi connectivity index (χ0) is 20.5. The molecule has 0 bridgehead atoms. The van der Waals surface area contributed by atoms with Gasteiger partial charge in [0.2, 0.25) is 0 Å². The summed E-state index contributed by atoms with van der Waals surface area (Å²) < 4.78 is 56.1. The molecule has 29 heavy (non-hydrogen) atoms. The first kappa shape index (κ1) is 20.4. The van der Waals surface area contributed by atoms with E-state index in [9.17, 15) is 17.6 Å². The van der Waals surface area contributed by atoms with E-state index in [2.05, 4.69) is 6.92 Å². The Labute approximate surface area is 170 Å². The van der Waals surface area contributed by atoms with Crippen molar-refractivity contribution in [1.82, 2.24) is 0 Å². The largest absolute Gasteiger partial charge is 0.206 e. The minimum atomic E-state index is -1.11. The molecule has 0 nitrogen and oxygen atoms in total. The van der Waals surface area contributed by atoms with Gasteiger partial charge in [-0.1, -0.05) is 25.8 Å². The Morgan fingerprint density at radius 1 is 0.621 bits per heavy atom. The van der Waals surface area contributed by atoms with Gasteiger partial charge in [-0.25, -0.2) is 17.6 Å². The third-order valence-electron chi connectivity index (χ3n) is 7.24. The summed E-state index contributed by atoms with van der Waals surface area (Å²) in [6, 6.07) is 5.70. The fourth-order valence-electron chi connectivity index (χ4n) is 5.44. The standard InChI is InChI=1S/C25H28F4/c1-15-2-4-16(5-3-15)17-6-8-18(9-7-17)20-13-23(28)25(24(29)14-20)19-10-11-21(26)22(27)12-19/h10-18H,2-9H2,1H3. The minimum absolute atomic E-state index is 0.0145. The van der Waals surface area contributed by atoms with Crippen LogP contribution < -0.4 is 0 Å². The summed E-state index contributed by atoms with van der Waals surface area (Å²) in [5.74, 6) is -0.996.